The highest BCUT2D eigenvalue weighted by Gasteiger charge is 2.63. The lowest BCUT2D eigenvalue weighted by atomic mass is 9.86. The third-order valence-corrected chi connectivity index (χ3v) is 4.38. The Kier molecular flexibility index (Phi) is 1.39. The van der Waals surface area contributed by atoms with Gasteiger partial charge in [-0.2, -0.15) is 0 Å². The molecule has 1 saturated heterocycles. The molecule has 0 amide bonds. The van der Waals surface area contributed by atoms with E-state index in [0.29, 0.717) is 0 Å². The first-order chi connectivity index (χ1) is 9.20. The van der Waals surface area contributed by atoms with Gasteiger partial charge in [0.1, 0.15) is 24.3 Å². The summed E-state index contributed by atoms with van der Waals surface area (Å²) in [6.07, 6.45) is 1.70. The average Bonchev–Trinajstić information content (AvgIpc) is 3.21. The molecule has 3 aliphatic heterocycles. The van der Waals surface area contributed by atoms with Crippen molar-refractivity contribution < 1.29 is 4.74 Å². The number of ether oxygens (including phenoxy) is 1. The molecule has 1 fully saturated rings. The number of hydrogen-bond donors (Lipinski definition) is 0. The molecule has 1 aliphatic carbocycles. The zero-order chi connectivity index (χ0) is 12.9. The Balaban J connectivity index is 1.96. The number of epoxide rings is 1. The first kappa shape index (κ1) is 9.74. The molecule has 0 radical (unpaired) electrons. The van der Waals surface area contributed by atoms with Gasteiger partial charge in [0.15, 0.2) is 0 Å². The summed E-state index contributed by atoms with van der Waals surface area (Å²) in [5, 5.41) is 0. The Labute approximate surface area is 106 Å². The molecule has 19 heavy (non-hydrogen) atoms. The highest BCUT2D eigenvalue weighted by Crippen LogP contribution is 2.53. The Morgan fingerprint density at radius 1 is 1.16 bits per heavy atom. The van der Waals surface area contributed by atoms with Crippen LogP contribution in [0.5, 0.6) is 0 Å². The van der Waals surface area contributed by atoms with E-state index in [-0.39, 0.29) is 35.7 Å². The van der Waals surface area contributed by atoms with Gasteiger partial charge < -0.3 is 4.74 Å². The standard InChI is InChI=1S/C12H10N4O3/c1-14-11(17)15-7-5-3-2-4-13-6(5)8(10-9(7)19-10)16(15)12(14)18/h2-4,7-10H,1H3. The fourth-order valence-corrected chi connectivity index (χ4v) is 3.51. The van der Waals surface area contributed by atoms with Gasteiger partial charge in [-0.05, 0) is 6.07 Å². The van der Waals surface area contributed by atoms with Crippen molar-refractivity contribution in [1.29, 1.82) is 0 Å². The number of rotatable bonds is 0. The van der Waals surface area contributed by atoms with E-state index in [9.17, 15) is 9.59 Å². The fourth-order valence-electron chi connectivity index (χ4n) is 3.51. The predicted octanol–water partition coefficient (Wildman–Crippen LogP) is -0.983. The van der Waals surface area contributed by atoms with Gasteiger partial charge >= 0.3 is 11.4 Å². The molecule has 2 bridgehead atoms. The largest absolute Gasteiger partial charge is 0.364 e. The molecule has 4 aliphatic rings. The topological polar surface area (TPSA) is 74.3 Å². The highest BCUT2D eigenvalue weighted by atomic mass is 16.6. The summed E-state index contributed by atoms with van der Waals surface area (Å²) < 4.78 is 9.86. The molecule has 4 unspecified atom stereocenters. The molecule has 0 saturated carbocycles. The van der Waals surface area contributed by atoms with E-state index < -0.39 is 0 Å². The molecular formula is C12H10N4O3. The molecule has 6 rings (SSSR count). The van der Waals surface area contributed by atoms with Crippen LogP contribution in [0.3, 0.4) is 0 Å². The van der Waals surface area contributed by atoms with Gasteiger partial charge in [-0.25, -0.2) is 23.5 Å². The van der Waals surface area contributed by atoms with E-state index in [2.05, 4.69) is 4.98 Å². The fraction of sp³-hybridized carbons (Fsp3) is 0.417. The van der Waals surface area contributed by atoms with Crippen molar-refractivity contribution in [1.82, 2.24) is 18.9 Å². The summed E-state index contributed by atoms with van der Waals surface area (Å²) in [6.45, 7) is 0. The monoisotopic (exact) mass is 258 g/mol. The van der Waals surface area contributed by atoms with Gasteiger partial charge in [-0.3, -0.25) is 4.98 Å². The van der Waals surface area contributed by atoms with Crippen LogP contribution in [0.1, 0.15) is 23.3 Å². The molecule has 4 atom stereocenters. The van der Waals surface area contributed by atoms with Crippen LogP contribution in [-0.2, 0) is 11.8 Å². The van der Waals surface area contributed by atoms with Crippen LogP contribution in [0.15, 0.2) is 27.9 Å². The Morgan fingerprint density at radius 3 is 2.63 bits per heavy atom. The van der Waals surface area contributed by atoms with E-state index in [1.54, 1.807) is 6.20 Å². The second kappa shape index (κ2) is 2.72. The molecule has 0 N–H and O–H groups in total. The molecule has 96 valence electrons. The van der Waals surface area contributed by atoms with E-state index >= 15 is 0 Å². The smallest absolute Gasteiger partial charge is 0.347 e. The first-order valence-electron chi connectivity index (χ1n) is 6.20. The van der Waals surface area contributed by atoms with E-state index in [1.807, 2.05) is 12.1 Å². The van der Waals surface area contributed by atoms with Crippen molar-refractivity contribution in [3.63, 3.8) is 0 Å². The maximum absolute atomic E-state index is 12.2. The van der Waals surface area contributed by atoms with Gasteiger partial charge in [0, 0.05) is 18.8 Å². The summed E-state index contributed by atoms with van der Waals surface area (Å²) in [5.41, 5.74) is 1.27. The third-order valence-electron chi connectivity index (χ3n) is 4.38. The Morgan fingerprint density at radius 2 is 1.84 bits per heavy atom. The van der Waals surface area contributed by atoms with Gasteiger partial charge in [-0.1, -0.05) is 6.07 Å². The molecule has 0 aromatic carbocycles. The van der Waals surface area contributed by atoms with Crippen molar-refractivity contribution >= 4 is 0 Å². The minimum Gasteiger partial charge on any atom is -0.364 e. The van der Waals surface area contributed by atoms with Crippen LogP contribution in [0.2, 0.25) is 0 Å². The maximum atomic E-state index is 12.2. The number of aromatic nitrogens is 4. The molecule has 5 heterocycles. The number of pyridine rings is 1. The minimum atomic E-state index is -0.301. The second-order valence-corrected chi connectivity index (χ2v) is 5.25. The van der Waals surface area contributed by atoms with Crippen molar-refractivity contribution in [2.75, 3.05) is 0 Å². The van der Waals surface area contributed by atoms with Crippen LogP contribution in [0.4, 0.5) is 0 Å². The van der Waals surface area contributed by atoms with Crippen LogP contribution in [-0.4, -0.2) is 31.1 Å². The van der Waals surface area contributed by atoms with Crippen molar-refractivity contribution in [3.05, 3.63) is 50.6 Å². The van der Waals surface area contributed by atoms with Crippen LogP contribution in [0, 0.1) is 0 Å². The molecule has 2 aromatic rings. The predicted molar refractivity (Wildman–Crippen MR) is 63.1 cm³/mol. The zero-order valence-corrected chi connectivity index (χ0v) is 10.1. The van der Waals surface area contributed by atoms with Crippen LogP contribution in [0.25, 0.3) is 0 Å². The summed E-state index contributed by atoms with van der Waals surface area (Å²) in [6, 6.07) is 3.33. The maximum Gasteiger partial charge on any atom is 0.347 e. The van der Waals surface area contributed by atoms with E-state index in [0.717, 1.165) is 15.8 Å². The summed E-state index contributed by atoms with van der Waals surface area (Å²) in [4.78, 5) is 28.8. The van der Waals surface area contributed by atoms with Gasteiger partial charge in [0.05, 0.1) is 5.69 Å². The van der Waals surface area contributed by atoms with Gasteiger partial charge in [0.25, 0.3) is 0 Å². The lowest BCUT2D eigenvalue weighted by Gasteiger charge is -2.35. The lowest BCUT2D eigenvalue weighted by Crippen LogP contribution is -2.48. The van der Waals surface area contributed by atoms with Gasteiger partial charge in [-0.15, -0.1) is 0 Å². The number of nitrogens with zero attached hydrogens (tertiary/aromatic N) is 4. The summed E-state index contributed by atoms with van der Waals surface area (Å²) >= 11 is 0. The second-order valence-electron chi connectivity index (χ2n) is 5.25. The summed E-state index contributed by atoms with van der Waals surface area (Å²) in [7, 11) is 1.51. The normalized spacial score (nSPS) is 32.7. The lowest BCUT2D eigenvalue weighted by molar-refractivity contribution is 0.271. The van der Waals surface area contributed by atoms with Gasteiger partial charge in [0.2, 0.25) is 0 Å². The quantitative estimate of drug-likeness (QED) is 0.569. The van der Waals surface area contributed by atoms with E-state index in [4.69, 9.17) is 4.74 Å². The SMILES string of the molecule is Cn1c(=O)n2n(c1=O)C1c3ncccc3C2C2OC21. The molecule has 2 aromatic heterocycles. The Hall–Kier alpha value is -2.15. The van der Waals surface area contributed by atoms with Crippen LogP contribution >= 0.6 is 0 Å². The zero-order valence-electron chi connectivity index (χ0n) is 10.1. The minimum absolute atomic E-state index is 0.00111. The van der Waals surface area contributed by atoms with Crippen molar-refractivity contribution in [2.24, 2.45) is 7.05 Å². The molecular weight excluding hydrogens is 248 g/mol. The molecule has 0 spiro atoms. The Bertz CT molecular complexity index is 779. The molecule has 7 heteroatoms. The summed E-state index contributed by atoms with van der Waals surface area (Å²) in [5.74, 6) is 0. The van der Waals surface area contributed by atoms with Crippen molar-refractivity contribution in [2.45, 2.75) is 24.3 Å². The third kappa shape index (κ3) is 0.878. The highest BCUT2D eigenvalue weighted by molar-refractivity contribution is 5.39. The van der Waals surface area contributed by atoms with E-state index in [1.165, 1.54) is 16.4 Å². The molecule has 7 nitrogen and oxygen atoms in total. The average molecular weight is 258 g/mol. The van der Waals surface area contributed by atoms with Crippen molar-refractivity contribution in [3.8, 4) is 0 Å². The van der Waals surface area contributed by atoms with Crippen LogP contribution < -0.4 is 11.4 Å². The number of hydrogen-bond acceptors (Lipinski definition) is 4. The first-order valence-corrected chi connectivity index (χ1v) is 6.20.